The normalized spacial score (nSPS) is 8.33. The van der Waals surface area contributed by atoms with Gasteiger partial charge in [-0.1, -0.05) is 12.2 Å². The van der Waals surface area contributed by atoms with E-state index in [2.05, 4.69) is 6.58 Å². The Morgan fingerprint density at radius 1 is 1.56 bits per heavy atom. The molecule has 0 aromatic rings. The third-order valence-corrected chi connectivity index (χ3v) is 0.779. The van der Waals surface area contributed by atoms with Crippen LogP contribution in [0.25, 0.3) is 0 Å². The molecule has 0 N–H and O–H groups in total. The molecule has 9 heavy (non-hydrogen) atoms. The van der Waals surface area contributed by atoms with Gasteiger partial charge in [-0.2, -0.15) is 0 Å². The molecule has 0 bridgehead atoms. The Morgan fingerprint density at radius 3 is 2.44 bits per heavy atom. The van der Waals surface area contributed by atoms with Crippen molar-refractivity contribution in [2.24, 2.45) is 0 Å². The SMILES string of the molecule is C=C(C=C(C)C)OCC. The number of allylic oxidation sites excluding steroid dienone is 2. The fraction of sp³-hybridized carbons (Fsp3) is 0.500. The smallest absolute Gasteiger partial charge is 0.112 e. The first-order valence-electron chi connectivity index (χ1n) is 3.13. The summed E-state index contributed by atoms with van der Waals surface area (Å²) in [6.07, 6.45) is 1.92. The molecule has 0 aromatic heterocycles. The summed E-state index contributed by atoms with van der Waals surface area (Å²) in [5, 5.41) is 0. The van der Waals surface area contributed by atoms with Crippen LogP contribution in [0.2, 0.25) is 0 Å². The number of hydrogen-bond acceptors (Lipinski definition) is 1. The molecule has 0 rings (SSSR count). The van der Waals surface area contributed by atoms with Gasteiger partial charge in [0.15, 0.2) is 0 Å². The van der Waals surface area contributed by atoms with Gasteiger partial charge in [0, 0.05) is 0 Å². The van der Waals surface area contributed by atoms with E-state index in [0.29, 0.717) is 6.61 Å². The summed E-state index contributed by atoms with van der Waals surface area (Å²) in [6, 6.07) is 0. The lowest BCUT2D eigenvalue weighted by molar-refractivity contribution is 0.244. The highest BCUT2D eigenvalue weighted by Crippen LogP contribution is 1.99. The number of rotatable bonds is 3. The van der Waals surface area contributed by atoms with Crippen LogP contribution in [0.15, 0.2) is 24.0 Å². The third-order valence-electron chi connectivity index (χ3n) is 0.779. The van der Waals surface area contributed by atoms with Gasteiger partial charge in [0.25, 0.3) is 0 Å². The quantitative estimate of drug-likeness (QED) is 0.417. The first-order chi connectivity index (χ1) is 4.16. The number of ether oxygens (including phenoxy) is 1. The van der Waals surface area contributed by atoms with E-state index in [9.17, 15) is 0 Å². The summed E-state index contributed by atoms with van der Waals surface area (Å²) in [5.41, 5.74) is 1.22. The van der Waals surface area contributed by atoms with E-state index in [1.807, 2.05) is 26.8 Å². The molecule has 0 heterocycles. The summed E-state index contributed by atoms with van der Waals surface area (Å²) in [6.45, 7) is 10.4. The van der Waals surface area contributed by atoms with Gasteiger partial charge < -0.3 is 4.74 Å². The molecule has 0 aliphatic heterocycles. The second-order valence-corrected chi connectivity index (χ2v) is 2.12. The highest BCUT2D eigenvalue weighted by atomic mass is 16.5. The first kappa shape index (κ1) is 8.28. The Labute approximate surface area is 57.0 Å². The lowest BCUT2D eigenvalue weighted by Gasteiger charge is -2.00. The maximum Gasteiger partial charge on any atom is 0.112 e. The van der Waals surface area contributed by atoms with Gasteiger partial charge in [-0.25, -0.2) is 0 Å². The third kappa shape index (κ3) is 5.15. The van der Waals surface area contributed by atoms with Gasteiger partial charge in [0.1, 0.15) is 5.76 Å². The van der Waals surface area contributed by atoms with Crippen LogP contribution in [-0.4, -0.2) is 6.61 Å². The molecular weight excluding hydrogens is 112 g/mol. The largest absolute Gasteiger partial charge is 0.495 e. The zero-order chi connectivity index (χ0) is 7.28. The maximum absolute atomic E-state index is 5.08. The van der Waals surface area contributed by atoms with Crippen molar-refractivity contribution in [1.82, 2.24) is 0 Å². The molecule has 0 fully saturated rings. The lowest BCUT2D eigenvalue weighted by Crippen LogP contribution is -1.85. The van der Waals surface area contributed by atoms with Crippen LogP contribution in [0.1, 0.15) is 20.8 Å². The summed E-state index contributed by atoms with van der Waals surface area (Å²) >= 11 is 0. The Hall–Kier alpha value is -0.720. The second-order valence-electron chi connectivity index (χ2n) is 2.12. The van der Waals surface area contributed by atoms with Crippen LogP contribution in [0.3, 0.4) is 0 Å². The van der Waals surface area contributed by atoms with E-state index >= 15 is 0 Å². The van der Waals surface area contributed by atoms with Crippen LogP contribution in [-0.2, 0) is 4.74 Å². The van der Waals surface area contributed by atoms with E-state index in [1.165, 1.54) is 5.57 Å². The molecule has 0 saturated heterocycles. The topological polar surface area (TPSA) is 9.23 Å². The highest BCUT2D eigenvalue weighted by Gasteiger charge is 1.84. The zero-order valence-electron chi connectivity index (χ0n) is 6.40. The van der Waals surface area contributed by atoms with E-state index in [1.54, 1.807) is 0 Å². The Bertz CT molecular complexity index is 119. The van der Waals surface area contributed by atoms with Gasteiger partial charge in [0.2, 0.25) is 0 Å². The van der Waals surface area contributed by atoms with Crippen LogP contribution in [0.5, 0.6) is 0 Å². The lowest BCUT2D eigenvalue weighted by atomic mass is 10.3. The molecule has 1 nitrogen and oxygen atoms in total. The minimum absolute atomic E-state index is 0.697. The fourth-order valence-corrected chi connectivity index (χ4v) is 0.549. The molecule has 0 aromatic carbocycles. The van der Waals surface area contributed by atoms with Gasteiger partial charge in [0.05, 0.1) is 6.61 Å². The van der Waals surface area contributed by atoms with Crippen molar-refractivity contribution in [3.63, 3.8) is 0 Å². The van der Waals surface area contributed by atoms with Crippen molar-refractivity contribution in [2.75, 3.05) is 6.61 Å². The molecule has 0 amide bonds. The molecule has 0 saturated carbocycles. The fourth-order valence-electron chi connectivity index (χ4n) is 0.549. The van der Waals surface area contributed by atoms with Gasteiger partial charge >= 0.3 is 0 Å². The Balaban J connectivity index is 3.63. The van der Waals surface area contributed by atoms with Crippen molar-refractivity contribution in [3.8, 4) is 0 Å². The first-order valence-corrected chi connectivity index (χ1v) is 3.13. The molecule has 0 aliphatic rings. The molecule has 0 aliphatic carbocycles. The summed E-state index contributed by atoms with van der Waals surface area (Å²) in [5.74, 6) is 0.748. The zero-order valence-corrected chi connectivity index (χ0v) is 6.40. The van der Waals surface area contributed by atoms with Crippen LogP contribution < -0.4 is 0 Å². The molecule has 0 unspecified atom stereocenters. The molecule has 0 spiro atoms. The summed E-state index contributed by atoms with van der Waals surface area (Å²) in [7, 11) is 0. The Kier molecular flexibility index (Phi) is 3.85. The van der Waals surface area contributed by atoms with Crippen LogP contribution in [0.4, 0.5) is 0 Å². The van der Waals surface area contributed by atoms with Gasteiger partial charge in [-0.3, -0.25) is 0 Å². The maximum atomic E-state index is 5.08. The van der Waals surface area contributed by atoms with Crippen LogP contribution >= 0.6 is 0 Å². The predicted octanol–water partition coefficient (Wildman–Crippen LogP) is 2.50. The number of hydrogen-bond donors (Lipinski definition) is 0. The Morgan fingerprint density at radius 2 is 2.11 bits per heavy atom. The van der Waals surface area contributed by atoms with Gasteiger partial charge in [-0.05, 0) is 26.8 Å². The van der Waals surface area contributed by atoms with Gasteiger partial charge in [-0.15, -0.1) is 0 Å². The average molecular weight is 126 g/mol. The van der Waals surface area contributed by atoms with Crippen molar-refractivity contribution in [2.45, 2.75) is 20.8 Å². The van der Waals surface area contributed by atoms with Crippen molar-refractivity contribution in [1.29, 1.82) is 0 Å². The highest BCUT2D eigenvalue weighted by molar-refractivity contribution is 5.11. The molecule has 0 radical (unpaired) electrons. The second kappa shape index (κ2) is 4.19. The van der Waals surface area contributed by atoms with E-state index in [-0.39, 0.29) is 0 Å². The van der Waals surface area contributed by atoms with E-state index in [0.717, 1.165) is 5.76 Å². The van der Waals surface area contributed by atoms with Crippen LogP contribution in [0, 0.1) is 0 Å². The monoisotopic (exact) mass is 126 g/mol. The summed E-state index contributed by atoms with van der Waals surface area (Å²) < 4.78 is 5.08. The summed E-state index contributed by atoms with van der Waals surface area (Å²) in [4.78, 5) is 0. The molecule has 1 heteroatoms. The average Bonchev–Trinajstić information content (AvgIpc) is 1.63. The van der Waals surface area contributed by atoms with Crippen molar-refractivity contribution in [3.05, 3.63) is 24.0 Å². The van der Waals surface area contributed by atoms with Crippen molar-refractivity contribution >= 4 is 0 Å². The predicted molar refractivity (Wildman–Crippen MR) is 40.2 cm³/mol. The minimum Gasteiger partial charge on any atom is -0.495 e. The van der Waals surface area contributed by atoms with E-state index < -0.39 is 0 Å². The molecule has 52 valence electrons. The molecule has 0 atom stereocenters. The molecular formula is C8H14O. The minimum atomic E-state index is 0.697. The van der Waals surface area contributed by atoms with E-state index in [4.69, 9.17) is 4.74 Å². The van der Waals surface area contributed by atoms with Crippen molar-refractivity contribution < 1.29 is 4.74 Å². The standard InChI is InChI=1S/C8H14O/c1-5-9-8(4)6-7(2)3/h6H,4-5H2,1-3H3.